The van der Waals surface area contributed by atoms with E-state index < -0.39 is 17.8 Å². The molecule has 130 valence electrons. The van der Waals surface area contributed by atoms with Crippen molar-refractivity contribution in [3.8, 4) is 17.2 Å². The average molecular weight is 361 g/mol. The third-order valence-electron chi connectivity index (χ3n) is 3.42. The van der Waals surface area contributed by atoms with Crippen molar-refractivity contribution < 1.29 is 13.9 Å². The second-order valence-corrected chi connectivity index (χ2v) is 12.9. The lowest BCUT2D eigenvalue weighted by molar-refractivity contribution is 0.290. The molecule has 0 aromatic heterocycles. The molecule has 3 nitrogen and oxygen atoms in total. The summed E-state index contributed by atoms with van der Waals surface area (Å²) in [5.41, 5.74) is 0. The van der Waals surface area contributed by atoms with Crippen LogP contribution >= 0.6 is 0 Å². The Morgan fingerprint density at radius 3 is 2.08 bits per heavy atom. The zero-order valence-corrected chi connectivity index (χ0v) is 17.8. The van der Waals surface area contributed by atoms with Gasteiger partial charge < -0.3 is 13.9 Å². The van der Waals surface area contributed by atoms with Gasteiger partial charge in [-0.1, -0.05) is 30.3 Å². The van der Waals surface area contributed by atoms with Crippen molar-refractivity contribution in [2.24, 2.45) is 0 Å². The quantitative estimate of drug-likeness (QED) is 0.678. The molecule has 0 aliphatic rings. The molecule has 5 heteroatoms. The van der Waals surface area contributed by atoms with E-state index in [9.17, 15) is 0 Å². The van der Waals surface area contributed by atoms with Crippen molar-refractivity contribution >= 4 is 28.2 Å². The Kier molecular flexibility index (Phi) is 6.51. The summed E-state index contributed by atoms with van der Waals surface area (Å²) in [6, 6.07) is 14.6. The van der Waals surface area contributed by atoms with E-state index >= 15 is 0 Å². The van der Waals surface area contributed by atoms with Crippen LogP contribution in [0.15, 0.2) is 42.5 Å². The Morgan fingerprint density at radius 2 is 1.42 bits per heavy atom. The minimum Gasteiger partial charge on any atom is -0.544 e. The molecular formula is C19H28O3Si2. The van der Waals surface area contributed by atoms with Gasteiger partial charge in [-0.2, -0.15) is 0 Å². The number of para-hydroxylation sites is 2. The van der Waals surface area contributed by atoms with E-state index in [0.29, 0.717) is 13.2 Å². The smallest absolute Gasteiger partial charge is 0.242 e. The van der Waals surface area contributed by atoms with E-state index in [-0.39, 0.29) is 0 Å². The van der Waals surface area contributed by atoms with Gasteiger partial charge in [-0.05, 0) is 56.0 Å². The van der Waals surface area contributed by atoms with Crippen molar-refractivity contribution in [1.82, 2.24) is 0 Å². The van der Waals surface area contributed by atoms with E-state index in [0.717, 1.165) is 17.2 Å². The number of benzene rings is 2. The van der Waals surface area contributed by atoms with Crippen LogP contribution in [0.1, 0.15) is 13.8 Å². The van der Waals surface area contributed by atoms with E-state index in [2.05, 4.69) is 50.0 Å². The molecule has 2 aromatic carbocycles. The average Bonchev–Trinajstić information content (AvgIpc) is 2.51. The lowest BCUT2D eigenvalue weighted by atomic mass is 10.3. The monoisotopic (exact) mass is 360 g/mol. The van der Waals surface area contributed by atoms with Gasteiger partial charge in [0.25, 0.3) is 0 Å². The van der Waals surface area contributed by atoms with Crippen LogP contribution in [0.3, 0.4) is 0 Å². The third-order valence-corrected chi connectivity index (χ3v) is 6.15. The number of ether oxygens (including phenoxy) is 2. The van der Waals surface area contributed by atoms with Crippen LogP contribution in [0.5, 0.6) is 17.2 Å². The summed E-state index contributed by atoms with van der Waals surface area (Å²) >= 11 is 0. The Bertz CT molecular complexity index is 666. The molecule has 0 bridgehead atoms. The molecular weight excluding hydrogens is 332 g/mol. The summed E-state index contributed by atoms with van der Waals surface area (Å²) in [4.78, 5) is 0. The molecule has 0 aliphatic carbocycles. The second-order valence-electron chi connectivity index (χ2n) is 6.61. The molecule has 0 amide bonds. The molecule has 2 aromatic rings. The third kappa shape index (κ3) is 5.14. The fourth-order valence-corrected chi connectivity index (χ4v) is 5.28. The first-order valence-corrected chi connectivity index (χ1v) is 13.4. The number of hydrogen-bond acceptors (Lipinski definition) is 3. The van der Waals surface area contributed by atoms with Gasteiger partial charge in [0.2, 0.25) is 8.32 Å². The van der Waals surface area contributed by atoms with Gasteiger partial charge in [-0.25, -0.2) is 0 Å². The van der Waals surface area contributed by atoms with E-state index in [4.69, 9.17) is 13.9 Å². The SMILES string of the molecule is CCOc1cccc([SiH2]c2ccccc2O[Si](C)(C)C)c1OCC. The fourth-order valence-electron chi connectivity index (χ4n) is 2.56. The molecule has 0 N–H and O–H groups in total. The summed E-state index contributed by atoms with van der Waals surface area (Å²) in [6.07, 6.45) is 0. The Morgan fingerprint density at radius 1 is 0.792 bits per heavy atom. The number of rotatable bonds is 8. The van der Waals surface area contributed by atoms with Crippen LogP contribution in [-0.4, -0.2) is 31.1 Å². The molecule has 0 fully saturated rings. The van der Waals surface area contributed by atoms with Gasteiger partial charge in [-0.3, -0.25) is 0 Å². The first-order chi connectivity index (χ1) is 11.4. The minimum atomic E-state index is -1.63. The molecule has 24 heavy (non-hydrogen) atoms. The summed E-state index contributed by atoms with van der Waals surface area (Å²) in [7, 11) is -2.36. The highest BCUT2D eigenvalue weighted by molar-refractivity contribution is 6.72. The Hall–Kier alpha value is -1.73. The van der Waals surface area contributed by atoms with Gasteiger partial charge in [0.05, 0.1) is 22.7 Å². The predicted molar refractivity (Wildman–Crippen MR) is 107 cm³/mol. The summed E-state index contributed by atoms with van der Waals surface area (Å²) < 4.78 is 17.9. The van der Waals surface area contributed by atoms with E-state index in [1.165, 1.54) is 10.4 Å². The normalized spacial score (nSPS) is 11.7. The zero-order chi connectivity index (χ0) is 17.6. The maximum Gasteiger partial charge on any atom is 0.242 e. The van der Waals surface area contributed by atoms with Crippen LogP contribution in [0.25, 0.3) is 0 Å². The molecule has 0 atom stereocenters. The maximum absolute atomic E-state index is 6.28. The van der Waals surface area contributed by atoms with Crippen LogP contribution in [0, 0.1) is 0 Å². The first-order valence-electron chi connectivity index (χ1n) is 8.59. The largest absolute Gasteiger partial charge is 0.544 e. The number of hydrogen-bond donors (Lipinski definition) is 0. The lowest BCUT2D eigenvalue weighted by Gasteiger charge is -2.22. The summed E-state index contributed by atoms with van der Waals surface area (Å²) in [5.74, 6) is 2.77. The van der Waals surface area contributed by atoms with Gasteiger partial charge >= 0.3 is 0 Å². The Labute approximate surface area is 148 Å². The van der Waals surface area contributed by atoms with E-state index in [1.807, 2.05) is 26.0 Å². The van der Waals surface area contributed by atoms with Crippen molar-refractivity contribution in [2.45, 2.75) is 33.5 Å². The van der Waals surface area contributed by atoms with Crippen molar-refractivity contribution in [2.75, 3.05) is 13.2 Å². The highest BCUT2D eigenvalue weighted by Gasteiger charge is 2.19. The summed E-state index contributed by atoms with van der Waals surface area (Å²) in [5, 5.41) is 2.57. The molecule has 0 saturated heterocycles. The summed E-state index contributed by atoms with van der Waals surface area (Å²) in [6.45, 7) is 11.9. The molecule has 0 unspecified atom stereocenters. The molecule has 0 spiro atoms. The van der Waals surface area contributed by atoms with Gasteiger partial charge in [-0.15, -0.1) is 0 Å². The molecule has 2 rings (SSSR count). The van der Waals surface area contributed by atoms with Crippen LogP contribution in [0.2, 0.25) is 19.6 Å². The van der Waals surface area contributed by atoms with Gasteiger partial charge in [0.15, 0.2) is 11.5 Å². The van der Waals surface area contributed by atoms with Crippen molar-refractivity contribution in [3.05, 3.63) is 42.5 Å². The van der Waals surface area contributed by atoms with Gasteiger partial charge in [0.1, 0.15) is 5.75 Å². The Balaban J connectivity index is 2.36. The zero-order valence-electron chi connectivity index (χ0n) is 15.4. The van der Waals surface area contributed by atoms with Crippen LogP contribution < -0.4 is 24.3 Å². The van der Waals surface area contributed by atoms with Gasteiger partial charge in [0, 0.05) is 0 Å². The first kappa shape index (κ1) is 18.6. The molecule has 0 aliphatic heterocycles. The second kappa shape index (κ2) is 8.39. The van der Waals surface area contributed by atoms with E-state index in [1.54, 1.807) is 0 Å². The van der Waals surface area contributed by atoms with Crippen LogP contribution in [0.4, 0.5) is 0 Å². The molecule has 0 saturated carbocycles. The maximum atomic E-state index is 6.28. The molecule has 0 heterocycles. The minimum absolute atomic E-state index is 0.637. The fraction of sp³-hybridized carbons (Fsp3) is 0.368. The molecule has 0 radical (unpaired) electrons. The van der Waals surface area contributed by atoms with Crippen LogP contribution in [-0.2, 0) is 0 Å². The standard InChI is InChI=1S/C19H28O3Si2/c1-6-20-16-12-10-14-18(19(16)21-7-2)23-17-13-9-8-11-15(17)22-24(3,4)5/h8-14H,6-7,23H2,1-5H3. The highest BCUT2D eigenvalue weighted by Crippen LogP contribution is 2.25. The topological polar surface area (TPSA) is 27.7 Å². The van der Waals surface area contributed by atoms with Crippen molar-refractivity contribution in [1.29, 1.82) is 0 Å². The lowest BCUT2D eigenvalue weighted by Crippen LogP contribution is -2.35. The van der Waals surface area contributed by atoms with Crippen molar-refractivity contribution in [3.63, 3.8) is 0 Å². The predicted octanol–water partition coefficient (Wildman–Crippen LogP) is 2.82. The highest BCUT2D eigenvalue weighted by atomic mass is 28.4.